The Kier molecular flexibility index (Phi) is 3.57. The lowest BCUT2D eigenvalue weighted by atomic mass is 10.3. The Labute approximate surface area is 103 Å². The zero-order valence-electron chi connectivity index (χ0n) is 8.36. The van der Waals surface area contributed by atoms with Gasteiger partial charge in [0.05, 0.1) is 11.2 Å². The summed E-state index contributed by atoms with van der Waals surface area (Å²) in [7, 11) is 0. The fourth-order valence-electron chi connectivity index (χ4n) is 1.07. The SMILES string of the molecule is FC(F)(F)c1nnc(NCCc2cscn2)s1. The van der Waals surface area contributed by atoms with E-state index in [0.29, 0.717) is 24.3 Å². The molecule has 0 spiro atoms. The van der Waals surface area contributed by atoms with Gasteiger partial charge in [-0.3, -0.25) is 0 Å². The van der Waals surface area contributed by atoms with E-state index < -0.39 is 11.2 Å². The molecule has 2 heterocycles. The lowest BCUT2D eigenvalue weighted by Crippen LogP contribution is -2.04. The monoisotopic (exact) mass is 280 g/mol. The summed E-state index contributed by atoms with van der Waals surface area (Å²) in [4.78, 5) is 4.06. The lowest BCUT2D eigenvalue weighted by Gasteiger charge is -1.99. The van der Waals surface area contributed by atoms with Crippen LogP contribution < -0.4 is 5.32 Å². The molecule has 2 rings (SSSR count). The maximum absolute atomic E-state index is 12.2. The highest BCUT2D eigenvalue weighted by Crippen LogP contribution is 2.32. The lowest BCUT2D eigenvalue weighted by molar-refractivity contribution is -0.138. The first-order valence-corrected chi connectivity index (χ1v) is 6.33. The van der Waals surface area contributed by atoms with E-state index in [2.05, 4.69) is 20.5 Å². The van der Waals surface area contributed by atoms with E-state index >= 15 is 0 Å². The van der Waals surface area contributed by atoms with Crippen LogP contribution in [-0.4, -0.2) is 21.7 Å². The van der Waals surface area contributed by atoms with Gasteiger partial charge in [-0.25, -0.2) is 4.98 Å². The molecule has 0 aliphatic heterocycles. The van der Waals surface area contributed by atoms with E-state index in [1.54, 1.807) is 5.51 Å². The molecule has 9 heteroatoms. The van der Waals surface area contributed by atoms with Gasteiger partial charge in [0.15, 0.2) is 0 Å². The summed E-state index contributed by atoms with van der Waals surface area (Å²) in [6.45, 7) is 0.482. The molecule has 0 radical (unpaired) electrons. The molecule has 0 saturated carbocycles. The Bertz CT molecular complexity index is 465. The van der Waals surface area contributed by atoms with Gasteiger partial charge in [-0.1, -0.05) is 11.3 Å². The number of hydrogen-bond acceptors (Lipinski definition) is 6. The number of rotatable bonds is 4. The van der Waals surface area contributed by atoms with E-state index in [0.717, 1.165) is 5.69 Å². The van der Waals surface area contributed by atoms with E-state index in [1.165, 1.54) is 11.3 Å². The minimum Gasteiger partial charge on any atom is -0.360 e. The van der Waals surface area contributed by atoms with E-state index in [4.69, 9.17) is 0 Å². The number of nitrogens with one attached hydrogen (secondary N) is 1. The summed E-state index contributed by atoms with van der Waals surface area (Å²) in [6.07, 6.45) is -3.78. The first-order chi connectivity index (χ1) is 8.05. The van der Waals surface area contributed by atoms with Crippen molar-refractivity contribution in [1.82, 2.24) is 15.2 Å². The smallest absolute Gasteiger partial charge is 0.360 e. The highest BCUT2D eigenvalue weighted by molar-refractivity contribution is 7.15. The first-order valence-electron chi connectivity index (χ1n) is 4.57. The van der Waals surface area contributed by atoms with Crippen molar-refractivity contribution < 1.29 is 13.2 Å². The van der Waals surface area contributed by atoms with Crippen LogP contribution in [0.15, 0.2) is 10.9 Å². The van der Waals surface area contributed by atoms with Crippen LogP contribution in [0, 0.1) is 0 Å². The number of nitrogens with zero attached hydrogens (tertiary/aromatic N) is 3. The quantitative estimate of drug-likeness (QED) is 0.935. The zero-order chi connectivity index (χ0) is 12.3. The molecule has 0 fully saturated rings. The summed E-state index contributed by atoms with van der Waals surface area (Å²) >= 11 is 1.98. The number of aromatic nitrogens is 3. The highest BCUT2D eigenvalue weighted by Gasteiger charge is 2.35. The van der Waals surface area contributed by atoms with Gasteiger partial charge < -0.3 is 5.32 Å². The Morgan fingerprint density at radius 1 is 1.29 bits per heavy atom. The average Bonchev–Trinajstić information content (AvgIpc) is 2.86. The molecular weight excluding hydrogens is 273 g/mol. The van der Waals surface area contributed by atoms with Crippen LogP contribution in [0.3, 0.4) is 0 Å². The van der Waals surface area contributed by atoms with Crippen molar-refractivity contribution in [1.29, 1.82) is 0 Å². The van der Waals surface area contributed by atoms with Crippen molar-refractivity contribution in [3.8, 4) is 0 Å². The molecule has 0 aliphatic carbocycles. The standard InChI is InChI=1S/C8H7F3N4S2/c9-8(10,11)6-14-15-7(17-6)12-2-1-5-3-16-4-13-5/h3-4H,1-2H2,(H,12,15). The Balaban J connectivity index is 1.85. The second kappa shape index (κ2) is 4.96. The number of alkyl halides is 3. The van der Waals surface area contributed by atoms with Crippen LogP contribution >= 0.6 is 22.7 Å². The van der Waals surface area contributed by atoms with E-state index in [1.807, 2.05) is 5.38 Å². The van der Waals surface area contributed by atoms with Gasteiger partial charge in [0.25, 0.3) is 0 Å². The van der Waals surface area contributed by atoms with Crippen molar-refractivity contribution >= 4 is 27.8 Å². The molecule has 4 nitrogen and oxygen atoms in total. The third-order valence-electron chi connectivity index (χ3n) is 1.81. The Hall–Kier alpha value is -1.22. The minimum atomic E-state index is -4.42. The number of thiazole rings is 1. The maximum Gasteiger partial charge on any atom is 0.445 e. The third-order valence-corrected chi connectivity index (χ3v) is 3.37. The molecule has 1 N–H and O–H groups in total. The molecule has 0 amide bonds. The maximum atomic E-state index is 12.2. The normalized spacial score (nSPS) is 11.7. The van der Waals surface area contributed by atoms with E-state index in [-0.39, 0.29) is 5.13 Å². The topological polar surface area (TPSA) is 50.7 Å². The van der Waals surface area contributed by atoms with Crippen molar-refractivity contribution in [3.63, 3.8) is 0 Å². The Morgan fingerprint density at radius 3 is 2.71 bits per heavy atom. The first kappa shape index (κ1) is 12.2. The summed E-state index contributed by atoms with van der Waals surface area (Å²) < 4.78 is 36.7. The molecule has 2 aromatic rings. The van der Waals surface area contributed by atoms with Crippen LogP contribution in [-0.2, 0) is 12.6 Å². The summed E-state index contributed by atoms with van der Waals surface area (Å²) in [5, 5.41) is 10.4. The second-order valence-electron chi connectivity index (χ2n) is 3.07. The molecule has 0 aliphatic rings. The van der Waals surface area contributed by atoms with E-state index in [9.17, 15) is 13.2 Å². The largest absolute Gasteiger partial charge is 0.445 e. The average molecular weight is 280 g/mol. The van der Waals surface area contributed by atoms with Gasteiger partial charge in [-0.2, -0.15) is 13.2 Å². The zero-order valence-corrected chi connectivity index (χ0v) is 9.99. The van der Waals surface area contributed by atoms with Gasteiger partial charge in [-0.05, 0) is 0 Å². The molecular formula is C8H7F3N4S2. The van der Waals surface area contributed by atoms with Crippen LogP contribution in [0.2, 0.25) is 0 Å². The Morgan fingerprint density at radius 2 is 2.12 bits per heavy atom. The van der Waals surface area contributed by atoms with Crippen LogP contribution in [0.4, 0.5) is 18.3 Å². The summed E-state index contributed by atoms with van der Waals surface area (Å²) in [5.74, 6) is 0. The third kappa shape index (κ3) is 3.37. The van der Waals surface area contributed by atoms with Crippen LogP contribution in [0.25, 0.3) is 0 Å². The molecule has 2 aromatic heterocycles. The van der Waals surface area contributed by atoms with Gasteiger partial charge in [0.2, 0.25) is 10.1 Å². The molecule has 92 valence electrons. The van der Waals surface area contributed by atoms with Crippen molar-refractivity contribution in [2.24, 2.45) is 0 Å². The van der Waals surface area contributed by atoms with Gasteiger partial charge >= 0.3 is 6.18 Å². The molecule has 0 unspecified atom stereocenters. The van der Waals surface area contributed by atoms with Crippen molar-refractivity contribution in [2.45, 2.75) is 12.6 Å². The summed E-state index contributed by atoms with van der Waals surface area (Å²) in [5.41, 5.74) is 2.62. The molecule has 17 heavy (non-hydrogen) atoms. The second-order valence-corrected chi connectivity index (χ2v) is 4.76. The number of halogens is 3. The number of hydrogen-bond donors (Lipinski definition) is 1. The minimum absolute atomic E-state index is 0.174. The molecule has 0 saturated heterocycles. The molecule has 0 aromatic carbocycles. The predicted octanol–water partition coefficient (Wildman–Crippen LogP) is 2.67. The van der Waals surface area contributed by atoms with Crippen molar-refractivity contribution in [2.75, 3.05) is 11.9 Å². The number of anilines is 1. The van der Waals surface area contributed by atoms with Crippen LogP contribution in [0.1, 0.15) is 10.7 Å². The highest BCUT2D eigenvalue weighted by atomic mass is 32.1. The van der Waals surface area contributed by atoms with Crippen molar-refractivity contribution in [3.05, 3.63) is 21.6 Å². The summed E-state index contributed by atoms with van der Waals surface area (Å²) in [6, 6.07) is 0. The fourth-order valence-corrected chi connectivity index (χ4v) is 2.30. The molecule has 0 atom stereocenters. The van der Waals surface area contributed by atoms with Gasteiger partial charge in [-0.15, -0.1) is 21.5 Å². The molecule has 0 bridgehead atoms. The van der Waals surface area contributed by atoms with Gasteiger partial charge in [0, 0.05) is 18.3 Å². The fraction of sp³-hybridized carbons (Fsp3) is 0.375. The predicted molar refractivity (Wildman–Crippen MR) is 59.2 cm³/mol. The van der Waals surface area contributed by atoms with Gasteiger partial charge in [0.1, 0.15) is 0 Å². The van der Waals surface area contributed by atoms with Crippen LogP contribution in [0.5, 0.6) is 0 Å².